The second-order valence-electron chi connectivity index (χ2n) is 29.9. The van der Waals surface area contributed by atoms with Gasteiger partial charge in [-0.1, -0.05) is 243 Å². The van der Waals surface area contributed by atoms with E-state index in [0.717, 1.165) is 22.3 Å². The van der Waals surface area contributed by atoms with Crippen LogP contribution in [0.4, 0.5) is 0 Å². The molecule has 8 aromatic heterocycles. The molecular formula is C104H69N5O2S. The van der Waals surface area contributed by atoms with Crippen molar-refractivity contribution in [2.75, 3.05) is 0 Å². The predicted octanol–water partition coefficient (Wildman–Crippen LogP) is 28.9. The minimum atomic E-state index is 0.954. The number of fused-ring (bicyclic) bond motifs is 35. The van der Waals surface area contributed by atoms with Crippen LogP contribution in [0.2, 0.25) is 0 Å². The number of rotatable bonds is 2. The molecule has 0 radical (unpaired) electrons. The van der Waals surface area contributed by atoms with Gasteiger partial charge in [0.05, 0.1) is 27.5 Å². The maximum atomic E-state index is 6.49. The molecule has 0 aliphatic rings. The van der Waals surface area contributed by atoms with Gasteiger partial charge in [-0.2, -0.15) is 0 Å². The third kappa shape index (κ3) is 9.33. The van der Waals surface area contributed by atoms with Gasteiger partial charge in [0.2, 0.25) is 0 Å². The van der Waals surface area contributed by atoms with E-state index >= 15 is 0 Å². The molecule has 0 N–H and O–H groups in total. The second-order valence-corrected chi connectivity index (χ2v) is 30.9. The van der Waals surface area contributed by atoms with Crippen molar-refractivity contribution in [1.82, 2.24) is 22.8 Å². The average Bonchev–Trinajstić information content (AvgIpc) is 1.58. The molecule has 0 amide bonds. The van der Waals surface area contributed by atoms with Crippen LogP contribution in [-0.2, 0) is 28.2 Å². The summed E-state index contributed by atoms with van der Waals surface area (Å²) >= 11 is 1.94. The monoisotopic (exact) mass is 1450 g/mol. The number of benzene rings is 18. The summed E-state index contributed by atoms with van der Waals surface area (Å²) in [5, 5.41) is 30.4. The van der Waals surface area contributed by atoms with Crippen molar-refractivity contribution >= 4 is 228 Å². The number of hydrogen-bond donors (Lipinski definition) is 0. The summed E-state index contributed by atoms with van der Waals surface area (Å²) in [4.78, 5) is 0. The summed E-state index contributed by atoms with van der Waals surface area (Å²) in [7, 11) is 8.58. The zero-order valence-electron chi connectivity index (χ0n) is 61.9. The van der Waals surface area contributed by atoms with Gasteiger partial charge in [-0.25, -0.2) is 0 Å². The molecule has 8 heteroatoms. The highest BCUT2D eigenvalue weighted by molar-refractivity contribution is 7.27. The molecule has 18 aromatic carbocycles. The Balaban J connectivity index is 0.0000000905. The van der Waals surface area contributed by atoms with E-state index in [1.165, 1.54) is 211 Å². The summed E-state index contributed by atoms with van der Waals surface area (Å²) in [6.07, 6.45) is 0. The first-order valence-corrected chi connectivity index (χ1v) is 39.2. The summed E-state index contributed by atoms with van der Waals surface area (Å²) in [6, 6.07) is 124. The number of aryl methyl sites for hydroxylation is 4. The second kappa shape index (κ2) is 24.7. The Morgan fingerprint density at radius 3 is 1.29 bits per heavy atom. The van der Waals surface area contributed by atoms with E-state index in [9.17, 15) is 0 Å². The van der Waals surface area contributed by atoms with Crippen LogP contribution in [0.3, 0.4) is 0 Å². The number of para-hydroxylation sites is 6. The molecule has 528 valence electrons. The molecule has 112 heavy (non-hydrogen) atoms. The molecule has 26 aromatic rings. The van der Waals surface area contributed by atoms with Crippen molar-refractivity contribution in [3.8, 4) is 16.8 Å². The minimum absolute atomic E-state index is 0.954. The topological polar surface area (TPSA) is 50.9 Å². The molecule has 0 atom stereocenters. The molecule has 7 nitrogen and oxygen atoms in total. The molecule has 26 rings (SSSR count). The Morgan fingerprint density at radius 1 is 0.223 bits per heavy atom. The van der Waals surface area contributed by atoms with E-state index in [1.807, 2.05) is 11.3 Å². The fraction of sp³-hybridized carbons (Fsp3) is 0.0385. The van der Waals surface area contributed by atoms with Gasteiger partial charge in [0.1, 0.15) is 22.3 Å². The quantitative estimate of drug-likeness (QED) is 0.173. The zero-order valence-corrected chi connectivity index (χ0v) is 62.7. The van der Waals surface area contributed by atoms with Crippen LogP contribution in [0.15, 0.2) is 355 Å². The van der Waals surface area contributed by atoms with Crippen molar-refractivity contribution in [3.63, 3.8) is 0 Å². The van der Waals surface area contributed by atoms with Gasteiger partial charge in [-0.05, 0) is 141 Å². The number of nitrogens with zero attached hydrogens (tertiary/aromatic N) is 5. The lowest BCUT2D eigenvalue weighted by molar-refractivity contribution is 0.673. The van der Waals surface area contributed by atoms with Crippen molar-refractivity contribution in [2.45, 2.75) is 0 Å². The molecule has 0 spiro atoms. The van der Waals surface area contributed by atoms with Gasteiger partial charge < -0.3 is 31.7 Å². The molecule has 0 saturated carbocycles. The maximum Gasteiger partial charge on any atom is 0.145 e. The van der Waals surface area contributed by atoms with Crippen LogP contribution in [0, 0.1) is 0 Å². The smallest absolute Gasteiger partial charge is 0.145 e. The van der Waals surface area contributed by atoms with Gasteiger partial charge >= 0.3 is 0 Å². The molecule has 8 heterocycles. The standard InChI is InChI=1S/C35H24N2.2C23H15NO.C23H15NS/c1-36-32-17-9-7-14-26(32)30-21-23(19-20-33(30)36)29-22-31-27-15-8-10-18-34(27)37(24-11-3-2-4-12-24)35(31)28-16-6-5-13-25(28)29;1-24-19-9-5-4-8-18(19)21-20(24)13-12-17-16-11-10-14-6-2-3-7-15(14)22(16)25-23(17)21;1-24-18-9-5-4-8-16(18)21-19(24)12-13-20-22(21)17-11-10-14-6-2-3-7-15(14)23(17)25-20;1-24-19-9-5-4-8-18(19)21-20(24)13-12-17-16-11-10-14-6-2-3-7-15(14)22(16)25-23(17)21/h2-22H,1H3;3*2-13H,1H3. The molecule has 0 aliphatic carbocycles. The maximum absolute atomic E-state index is 6.49. The third-order valence-electron chi connectivity index (χ3n) is 24.1. The Labute approximate surface area is 645 Å². The highest BCUT2D eigenvalue weighted by Crippen LogP contribution is 2.48. The fourth-order valence-electron chi connectivity index (χ4n) is 18.9. The summed E-state index contributed by atoms with van der Waals surface area (Å²) in [5.74, 6) is 0. The Kier molecular flexibility index (Phi) is 14.1. The summed E-state index contributed by atoms with van der Waals surface area (Å²) in [6.45, 7) is 0. The lowest BCUT2D eigenvalue weighted by atomic mass is 9.94. The van der Waals surface area contributed by atoms with E-state index in [-0.39, 0.29) is 0 Å². The van der Waals surface area contributed by atoms with E-state index in [2.05, 4.69) is 397 Å². The highest BCUT2D eigenvalue weighted by Gasteiger charge is 2.23. The van der Waals surface area contributed by atoms with E-state index in [0.29, 0.717) is 0 Å². The number of thiophene rings is 1. The van der Waals surface area contributed by atoms with Crippen molar-refractivity contribution in [2.24, 2.45) is 28.2 Å². The Hall–Kier alpha value is -14.2. The van der Waals surface area contributed by atoms with Crippen molar-refractivity contribution in [1.29, 1.82) is 0 Å². The first kappa shape index (κ1) is 63.9. The largest absolute Gasteiger partial charge is 0.455 e. The minimum Gasteiger partial charge on any atom is -0.455 e. The van der Waals surface area contributed by atoms with Crippen molar-refractivity contribution in [3.05, 3.63) is 346 Å². The first-order chi connectivity index (χ1) is 55.3. The van der Waals surface area contributed by atoms with Gasteiger partial charge in [0, 0.05) is 173 Å². The van der Waals surface area contributed by atoms with Crippen molar-refractivity contribution < 1.29 is 8.83 Å². The van der Waals surface area contributed by atoms with E-state index < -0.39 is 0 Å². The molecule has 0 aliphatic heterocycles. The van der Waals surface area contributed by atoms with Crippen LogP contribution in [-0.4, -0.2) is 22.8 Å². The summed E-state index contributed by atoms with van der Waals surface area (Å²) < 4.78 is 27.2. The van der Waals surface area contributed by atoms with Gasteiger partial charge in [0.15, 0.2) is 0 Å². The zero-order chi connectivity index (χ0) is 74.1. The van der Waals surface area contributed by atoms with Gasteiger partial charge in [0.25, 0.3) is 0 Å². The lowest BCUT2D eigenvalue weighted by Crippen LogP contribution is -1.94. The number of hydrogen-bond acceptors (Lipinski definition) is 3. The van der Waals surface area contributed by atoms with Crippen LogP contribution in [0.5, 0.6) is 0 Å². The van der Waals surface area contributed by atoms with Crippen LogP contribution < -0.4 is 0 Å². The number of furan rings is 2. The fourth-order valence-corrected chi connectivity index (χ4v) is 20.3. The normalized spacial score (nSPS) is 12.1. The SMILES string of the molecule is Cn1c2ccccc2c2c3c(ccc21)oc1c2ccccc2ccc13.Cn1c2ccccc2c2c3oc4c5ccccc5ccc4c3ccc21.Cn1c2ccccc2c2c3sc4c5ccccc5ccc4c3ccc21.Cn1c2ccccc2c2cc(-c3cc4c5ccccc5n(-c5ccccc5)c4c4ccccc34)ccc21. The highest BCUT2D eigenvalue weighted by atomic mass is 32.1. The third-order valence-corrected chi connectivity index (χ3v) is 25.4. The molecule has 0 fully saturated rings. The average molecular weight is 1450 g/mol. The van der Waals surface area contributed by atoms with Gasteiger partial charge in [-0.3, -0.25) is 0 Å². The molecule has 0 saturated heterocycles. The number of aromatic nitrogens is 5. The Bertz CT molecular complexity index is 8180. The predicted molar refractivity (Wildman–Crippen MR) is 479 cm³/mol. The van der Waals surface area contributed by atoms with Crippen LogP contribution in [0.25, 0.3) is 233 Å². The lowest BCUT2D eigenvalue weighted by Gasteiger charge is -2.13. The first-order valence-electron chi connectivity index (χ1n) is 38.4. The van der Waals surface area contributed by atoms with Crippen LogP contribution in [0.1, 0.15) is 0 Å². The van der Waals surface area contributed by atoms with E-state index in [4.69, 9.17) is 8.83 Å². The molecular weight excluding hydrogens is 1380 g/mol. The van der Waals surface area contributed by atoms with E-state index in [1.54, 1.807) is 0 Å². The molecule has 0 unspecified atom stereocenters. The molecule has 0 bridgehead atoms. The van der Waals surface area contributed by atoms with Gasteiger partial charge in [-0.15, -0.1) is 11.3 Å². The Morgan fingerprint density at radius 2 is 0.634 bits per heavy atom. The summed E-state index contributed by atoms with van der Waals surface area (Å²) in [5.41, 5.74) is 20.2. The van der Waals surface area contributed by atoms with Crippen LogP contribution >= 0.6 is 11.3 Å².